The molecule has 90 valence electrons. The molecule has 17 heavy (non-hydrogen) atoms. The number of fused-ring (bicyclic) bond motifs is 1. The van der Waals surface area contributed by atoms with Crippen molar-refractivity contribution in [2.24, 2.45) is 0 Å². The third-order valence-corrected chi connectivity index (χ3v) is 1.95. The predicted molar refractivity (Wildman–Crippen MR) is 51.7 cm³/mol. The highest BCUT2D eigenvalue weighted by molar-refractivity contribution is 5.83. The van der Waals surface area contributed by atoms with Crippen molar-refractivity contribution >= 4 is 10.9 Å². The molecule has 0 unspecified atom stereocenters. The van der Waals surface area contributed by atoms with Gasteiger partial charge >= 0.3 is 12.0 Å². The SMILES string of the molecule is Cc1nc2c(OC(F)(F)F)cccc2c(=O)o1. The number of halogens is 3. The van der Waals surface area contributed by atoms with Gasteiger partial charge in [0.2, 0.25) is 0 Å². The standard InChI is InChI=1S/C10H6F3NO3/c1-5-14-8-6(9(15)16-5)3-2-4-7(8)17-10(11,12)13/h2-4H,1H3. The summed E-state index contributed by atoms with van der Waals surface area (Å²) in [6, 6.07) is 3.66. The van der Waals surface area contributed by atoms with Crippen molar-refractivity contribution in [3.63, 3.8) is 0 Å². The molecule has 4 nitrogen and oxygen atoms in total. The fraction of sp³-hybridized carbons (Fsp3) is 0.200. The summed E-state index contributed by atoms with van der Waals surface area (Å²) in [5.74, 6) is -0.549. The third kappa shape index (κ3) is 2.38. The van der Waals surface area contributed by atoms with E-state index in [1.165, 1.54) is 19.1 Å². The molecule has 0 aliphatic rings. The highest BCUT2D eigenvalue weighted by Gasteiger charge is 2.32. The minimum absolute atomic E-state index is 0.0271. The van der Waals surface area contributed by atoms with Gasteiger partial charge in [0.05, 0.1) is 5.39 Å². The highest BCUT2D eigenvalue weighted by Crippen LogP contribution is 2.27. The molecule has 1 aromatic heterocycles. The summed E-state index contributed by atoms with van der Waals surface area (Å²) in [6.45, 7) is 1.37. The first-order valence-electron chi connectivity index (χ1n) is 4.53. The number of rotatable bonds is 1. The molecule has 0 saturated carbocycles. The molecule has 7 heteroatoms. The molecule has 0 radical (unpaired) electrons. The number of nitrogens with zero attached hydrogens (tertiary/aromatic N) is 1. The lowest BCUT2D eigenvalue weighted by molar-refractivity contribution is -0.274. The minimum Gasteiger partial charge on any atom is -0.408 e. The van der Waals surface area contributed by atoms with Crippen LogP contribution in [-0.4, -0.2) is 11.3 Å². The van der Waals surface area contributed by atoms with Crippen LogP contribution in [0.3, 0.4) is 0 Å². The zero-order valence-corrected chi connectivity index (χ0v) is 8.54. The van der Waals surface area contributed by atoms with Crippen molar-refractivity contribution in [3.05, 3.63) is 34.5 Å². The molecular formula is C10H6F3NO3. The van der Waals surface area contributed by atoms with E-state index in [0.717, 1.165) is 6.07 Å². The maximum Gasteiger partial charge on any atom is 0.573 e. The highest BCUT2D eigenvalue weighted by atomic mass is 19.4. The lowest BCUT2D eigenvalue weighted by Crippen LogP contribution is -2.18. The smallest absolute Gasteiger partial charge is 0.408 e. The molecule has 1 aromatic carbocycles. The molecule has 0 atom stereocenters. The Balaban J connectivity index is 2.69. The summed E-state index contributed by atoms with van der Waals surface area (Å²) >= 11 is 0. The molecule has 0 aliphatic carbocycles. The van der Waals surface area contributed by atoms with E-state index in [-0.39, 0.29) is 16.8 Å². The maximum absolute atomic E-state index is 12.1. The van der Waals surface area contributed by atoms with Crippen LogP contribution in [0.2, 0.25) is 0 Å². The lowest BCUT2D eigenvalue weighted by Gasteiger charge is -2.10. The van der Waals surface area contributed by atoms with E-state index in [0.29, 0.717) is 0 Å². The number of aromatic nitrogens is 1. The molecule has 0 bridgehead atoms. The Morgan fingerprint density at radius 2 is 2.06 bits per heavy atom. The Labute approximate surface area is 92.6 Å². The van der Waals surface area contributed by atoms with Crippen LogP contribution in [0.5, 0.6) is 5.75 Å². The van der Waals surface area contributed by atoms with Gasteiger partial charge in [-0.2, -0.15) is 0 Å². The van der Waals surface area contributed by atoms with Gasteiger partial charge in [-0.3, -0.25) is 0 Å². The normalized spacial score (nSPS) is 11.8. The van der Waals surface area contributed by atoms with E-state index in [2.05, 4.69) is 14.1 Å². The molecule has 0 fully saturated rings. The number of ether oxygens (including phenoxy) is 1. The van der Waals surface area contributed by atoms with Crippen LogP contribution in [0.15, 0.2) is 27.4 Å². The van der Waals surface area contributed by atoms with Crippen LogP contribution in [-0.2, 0) is 0 Å². The zero-order valence-electron chi connectivity index (χ0n) is 8.54. The van der Waals surface area contributed by atoms with Crippen LogP contribution in [0, 0.1) is 6.92 Å². The largest absolute Gasteiger partial charge is 0.573 e. The molecule has 2 aromatic rings. The number of hydrogen-bond acceptors (Lipinski definition) is 4. The van der Waals surface area contributed by atoms with Gasteiger partial charge in [-0.1, -0.05) is 6.07 Å². The van der Waals surface area contributed by atoms with E-state index >= 15 is 0 Å². The maximum atomic E-state index is 12.1. The molecule has 0 amide bonds. The van der Waals surface area contributed by atoms with E-state index in [9.17, 15) is 18.0 Å². The number of hydrogen-bond donors (Lipinski definition) is 0. The first-order chi connectivity index (χ1) is 7.87. The molecule has 0 aliphatic heterocycles. The van der Waals surface area contributed by atoms with Crippen molar-refractivity contribution in [2.45, 2.75) is 13.3 Å². The van der Waals surface area contributed by atoms with Crippen LogP contribution in [0.25, 0.3) is 10.9 Å². The molecule has 0 N–H and O–H groups in total. The average molecular weight is 245 g/mol. The number of aryl methyl sites for hydroxylation is 1. The first-order valence-corrected chi connectivity index (χ1v) is 4.53. The Bertz CT molecular complexity index is 618. The Hall–Kier alpha value is -2.05. The van der Waals surface area contributed by atoms with Crippen molar-refractivity contribution in [3.8, 4) is 5.75 Å². The third-order valence-electron chi connectivity index (χ3n) is 1.95. The number of para-hydroxylation sites is 1. The quantitative estimate of drug-likeness (QED) is 0.774. The van der Waals surface area contributed by atoms with Gasteiger partial charge in [0.25, 0.3) is 0 Å². The van der Waals surface area contributed by atoms with E-state index in [4.69, 9.17) is 0 Å². The van der Waals surface area contributed by atoms with Crippen molar-refractivity contribution in [1.82, 2.24) is 4.98 Å². The first kappa shape index (κ1) is 11.4. The van der Waals surface area contributed by atoms with Gasteiger partial charge in [0, 0.05) is 6.92 Å². The lowest BCUT2D eigenvalue weighted by atomic mass is 10.2. The Kier molecular flexibility index (Phi) is 2.53. The van der Waals surface area contributed by atoms with E-state index in [1.54, 1.807) is 0 Å². The van der Waals surface area contributed by atoms with Gasteiger partial charge in [-0.05, 0) is 12.1 Å². The summed E-state index contributed by atoms with van der Waals surface area (Å²) in [5.41, 5.74) is -0.918. The molecule has 1 heterocycles. The zero-order chi connectivity index (χ0) is 12.6. The van der Waals surface area contributed by atoms with Crippen LogP contribution >= 0.6 is 0 Å². The molecule has 2 rings (SSSR count). The predicted octanol–water partition coefficient (Wildman–Crippen LogP) is 2.40. The second kappa shape index (κ2) is 3.76. The van der Waals surface area contributed by atoms with Crippen molar-refractivity contribution in [1.29, 1.82) is 0 Å². The second-order valence-electron chi connectivity index (χ2n) is 3.22. The van der Waals surface area contributed by atoms with Crippen molar-refractivity contribution in [2.75, 3.05) is 0 Å². The summed E-state index contributed by atoms with van der Waals surface area (Å²) in [4.78, 5) is 15.1. The molecular weight excluding hydrogens is 239 g/mol. The van der Waals surface area contributed by atoms with Gasteiger partial charge < -0.3 is 9.15 Å². The van der Waals surface area contributed by atoms with E-state index in [1.807, 2.05) is 0 Å². The molecule has 0 spiro atoms. The van der Waals surface area contributed by atoms with Crippen LogP contribution in [0.1, 0.15) is 5.89 Å². The van der Waals surface area contributed by atoms with Gasteiger partial charge in [-0.25, -0.2) is 9.78 Å². The summed E-state index contributed by atoms with van der Waals surface area (Å²) < 4.78 is 44.8. The minimum atomic E-state index is -4.83. The monoisotopic (exact) mass is 245 g/mol. The Morgan fingerprint density at radius 3 is 2.71 bits per heavy atom. The van der Waals surface area contributed by atoms with Crippen molar-refractivity contribution < 1.29 is 22.3 Å². The van der Waals surface area contributed by atoms with Gasteiger partial charge in [-0.15, -0.1) is 13.2 Å². The fourth-order valence-corrected chi connectivity index (χ4v) is 1.38. The van der Waals surface area contributed by atoms with Crippen LogP contribution < -0.4 is 10.4 Å². The molecule has 0 saturated heterocycles. The van der Waals surface area contributed by atoms with Crippen LogP contribution in [0.4, 0.5) is 13.2 Å². The summed E-state index contributed by atoms with van der Waals surface area (Å²) in [7, 11) is 0. The summed E-state index contributed by atoms with van der Waals surface area (Å²) in [5, 5.41) is -0.0580. The van der Waals surface area contributed by atoms with E-state index < -0.39 is 17.7 Å². The number of alkyl halides is 3. The van der Waals surface area contributed by atoms with Gasteiger partial charge in [0.15, 0.2) is 11.6 Å². The second-order valence-corrected chi connectivity index (χ2v) is 3.22. The topological polar surface area (TPSA) is 52.3 Å². The average Bonchev–Trinajstić information content (AvgIpc) is 2.17. The summed E-state index contributed by atoms with van der Waals surface area (Å²) in [6.07, 6.45) is -4.83. The fourth-order valence-electron chi connectivity index (χ4n) is 1.38. The van der Waals surface area contributed by atoms with Gasteiger partial charge in [0.1, 0.15) is 5.52 Å². The Morgan fingerprint density at radius 1 is 1.35 bits per heavy atom. The number of benzene rings is 1.